The second kappa shape index (κ2) is 6.07. The van der Waals surface area contributed by atoms with E-state index in [1.54, 1.807) is 12.1 Å². The fourth-order valence-corrected chi connectivity index (χ4v) is 4.13. The standard InChI is InChI=1S/C20H22O3/c1-4-14-11-15(20-17(22)7-5-12(2)19(14)20)9-13-6-8-16(21)18(10-13)23-3/h4-8,10,14-15,19-21H,1-2,9,11H2,3H3/t14-,15-,19+,20-/m0/s1. The summed E-state index contributed by atoms with van der Waals surface area (Å²) in [4.78, 5) is 12.4. The van der Waals surface area contributed by atoms with Crippen molar-refractivity contribution in [2.75, 3.05) is 7.11 Å². The van der Waals surface area contributed by atoms with E-state index in [9.17, 15) is 9.90 Å². The van der Waals surface area contributed by atoms with E-state index in [1.165, 1.54) is 7.11 Å². The predicted octanol–water partition coefficient (Wildman–Crippen LogP) is 3.69. The fourth-order valence-electron chi connectivity index (χ4n) is 4.13. The molecule has 0 aliphatic heterocycles. The van der Waals surface area contributed by atoms with E-state index in [1.807, 2.05) is 24.3 Å². The molecule has 1 aromatic carbocycles. The van der Waals surface area contributed by atoms with Crippen molar-refractivity contribution in [2.24, 2.45) is 23.7 Å². The van der Waals surface area contributed by atoms with Gasteiger partial charge < -0.3 is 9.84 Å². The Kier molecular flexibility index (Phi) is 4.12. The van der Waals surface area contributed by atoms with Crippen molar-refractivity contribution in [3.63, 3.8) is 0 Å². The second-order valence-electron chi connectivity index (χ2n) is 6.47. The van der Waals surface area contributed by atoms with Crippen LogP contribution in [0.1, 0.15) is 12.0 Å². The largest absolute Gasteiger partial charge is 0.504 e. The molecule has 0 amide bonds. The van der Waals surface area contributed by atoms with Crippen LogP contribution in [-0.2, 0) is 11.2 Å². The molecule has 1 saturated carbocycles. The second-order valence-corrected chi connectivity index (χ2v) is 6.47. The van der Waals surface area contributed by atoms with Crippen LogP contribution < -0.4 is 4.74 Å². The minimum atomic E-state index is -0.0182. The quantitative estimate of drug-likeness (QED) is 0.863. The highest BCUT2D eigenvalue weighted by molar-refractivity contribution is 5.94. The van der Waals surface area contributed by atoms with Gasteiger partial charge in [0.25, 0.3) is 0 Å². The van der Waals surface area contributed by atoms with E-state index in [4.69, 9.17) is 4.74 Å². The van der Waals surface area contributed by atoms with Gasteiger partial charge in [0.1, 0.15) is 0 Å². The number of carbonyl (C=O) groups is 1. The molecule has 1 aromatic rings. The molecule has 4 atom stereocenters. The number of aromatic hydroxyl groups is 1. The minimum absolute atomic E-state index is 0.0182. The first kappa shape index (κ1) is 15.6. The van der Waals surface area contributed by atoms with Gasteiger partial charge in [-0.15, -0.1) is 6.58 Å². The number of hydrogen-bond donors (Lipinski definition) is 1. The Balaban J connectivity index is 1.88. The molecule has 0 radical (unpaired) electrons. The normalized spacial score (nSPS) is 29.4. The summed E-state index contributed by atoms with van der Waals surface area (Å²) >= 11 is 0. The molecule has 3 heteroatoms. The molecule has 0 unspecified atom stereocenters. The SMILES string of the molecule is C=C[C@H]1C[C@H](Cc2ccc(O)c(OC)c2)[C@H]2C(=O)C=CC(=C)[C@@H]21. The molecule has 3 rings (SSSR count). The maximum Gasteiger partial charge on any atom is 0.160 e. The Morgan fingerprint density at radius 1 is 1.35 bits per heavy atom. The van der Waals surface area contributed by atoms with Crippen molar-refractivity contribution in [2.45, 2.75) is 12.8 Å². The topological polar surface area (TPSA) is 46.5 Å². The van der Waals surface area contributed by atoms with Crippen molar-refractivity contribution < 1.29 is 14.6 Å². The highest BCUT2D eigenvalue weighted by Crippen LogP contribution is 2.49. The molecular formula is C20H22O3. The van der Waals surface area contributed by atoms with E-state index in [0.29, 0.717) is 11.7 Å². The lowest BCUT2D eigenvalue weighted by Crippen LogP contribution is -2.29. The van der Waals surface area contributed by atoms with Gasteiger partial charge in [-0.05, 0) is 54.4 Å². The summed E-state index contributed by atoms with van der Waals surface area (Å²) in [6.07, 6.45) is 7.21. The zero-order valence-corrected chi connectivity index (χ0v) is 13.4. The molecule has 0 bridgehead atoms. The molecule has 1 N–H and O–H groups in total. The van der Waals surface area contributed by atoms with E-state index < -0.39 is 0 Å². The molecule has 120 valence electrons. The van der Waals surface area contributed by atoms with Crippen molar-refractivity contribution in [3.8, 4) is 11.5 Å². The van der Waals surface area contributed by atoms with Crippen LogP contribution in [0.25, 0.3) is 0 Å². The van der Waals surface area contributed by atoms with Crippen molar-refractivity contribution in [1.29, 1.82) is 0 Å². The Labute approximate surface area is 137 Å². The lowest BCUT2D eigenvalue weighted by atomic mass is 9.75. The van der Waals surface area contributed by atoms with Crippen LogP contribution in [0.15, 0.2) is 55.2 Å². The summed E-state index contributed by atoms with van der Waals surface area (Å²) in [6.45, 7) is 8.07. The Bertz CT molecular complexity index is 686. The minimum Gasteiger partial charge on any atom is -0.504 e. The number of ketones is 1. The molecule has 0 heterocycles. The van der Waals surface area contributed by atoms with Crippen LogP contribution in [0.5, 0.6) is 11.5 Å². The lowest BCUT2D eigenvalue weighted by molar-refractivity contribution is -0.120. The van der Waals surface area contributed by atoms with Gasteiger partial charge in [0.15, 0.2) is 17.3 Å². The summed E-state index contributed by atoms with van der Waals surface area (Å²) in [5.41, 5.74) is 2.10. The number of ether oxygens (including phenoxy) is 1. The molecule has 0 saturated heterocycles. The monoisotopic (exact) mass is 310 g/mol. The van der Waals surface area contributed by atoms with Crippen molar-refractivity contribution >= 4 is 5.78 Å². The zero-order chi connectivity index (χ0) is 16.6. The molecule has 23 heavy (non-hydrogen) atoms. The zero-order valence-electron chi connectivity index (χ0n) is 13.4. The number of phenolic OH excluding ortho intramolecular Hbond substituents is 1. The highest BCUT2D eigenvalue weighted by atomic mass is 16.5. The van der Waals surface area contributed by atoms with Crippen molar-refractivity contribution in [3.05, 3.63) is 60.7 Å². The van der Waals surface area contributed by atoms with Crippen LogP contribution in [-0.4, -0.2) is 18.0 Å². The number of methoxy groups -OCH3 is 1. The van der Waals surface area contributed by atoms with Crippen LogP contribution in [0.3, 0.4) is 0 Å². The van der Waals surface area contributed by atoms with E-state index >= 15 is 0 Å². The summed E-state index contributed by atoms with van der Waals surface area (Å²) in [7, 11) is 1.54. The molecule has 2 aliphatic rings. The predicted molar refractivity (Wildman–Crippen MR) is 90.4 cm³/mol. The van der Waals surface area contributed by atoms with Gasteiger partial charge in [-0.2, -0.15) is 0 Å². The lowest BCUT2D eigenvalue weighted by Gasteiger charge is -2.28. The number of hydrogen-bond acceptors (Lipinski definition) is 3. The number of allylic oxidation sites excluding steroid dienone is 4. The summed E-state index contributed by atoms with van der Waals surface area (Å²) < 4.78 is 5.18. The van der Waals surface area contributed by atoms with Crippen molar-refractivity contribution in [1.82, 2.24) is 0 Å². The molecule has 0 aromatic heterocycles. The highest BCUT2D eigenvalue weighted by Gasteiger charge is 2.46. The third-order valence-corrected chi connectivity index (χ3v) is 5.19. The molecule has 2 aliphatic carbocycles. The fraction of sp³-hybridized carbons (Fsp3) is 0.350. The van der Waals surface area contributed by atoms with Gasteiger partial charge in [-0.1, -0.05) is 30.4 Å². The number of phenols is 1. The number of carbonyl (C=O) groups excluding carboxylic acids is 1. The average Bonchev–Trinajstić information content (AvgIpc) is 2.92. The average molecular weight is 310 g/mol. The van der Waals surface area contributed by atoms with E-state index in [0.717, 1.165) is 24.0 Å². The van der Waals surface area contributed by atoms with Crippen LogP contribution in [0, 0.1) is 23.7 Å². The van der Waals surface area contributed by atoms with Gasteiger partial charge >= 0.3 is 0 Å². The van der Waals surface area contributed by atoms with Gasteiger partial charge in [-0.3, -0.25) is 4.79 Å². The Morgan fingerprint density at radius 3 is 2.83 bits per heavy atom. The third-order valence-electron chi connectivity index (χ3n) is 5.19. The number of benzene rings is 1. The smallest absolute Gasteiger partial charge is 0.160 e. The number of rotatable bonds is 4. The van der Waals surface area contributed by atoms with Crippen LogP contribution >= 0.6 is 0 Å². The van der Waals surface area contributed by atoms with Crippen LogP contribution in [0.2, 0.25) is 0 Å². The van der Waals surface area contributed by atoms with Crippen LogP contribution in [0.4, 0.5) is 0 Å². The van der Waals surface area contributed by atoms with Gasteiger partial charge in [0.2, 0.25) is 0 Å². The molecule has 3 nitrogen and oxygen atoms in total. The third kappa shape index (κ3) is 2.72. The Morgan fingerprint density at radius 2 is 2.13 bits per heavy atom. The van der Waals surface area contributed by atoms with Gasteiger partial charge in [0, 0.05) is 5.92 Å². The maximum atomic E-state index is 12.4. The first-order chi connectivity index (χ1) is 11.0. The summed E-state index contributed by atoms with van der Waals surface area (Å²) in [6, 6.07) is 5.39. The van der Waals surface area contributed by atoms with E-state index in [-0.39, 0.29) is 29.3 Å². The first-order valence-electron chi connectivity index (χ1n) is 7.94. The van der Waals surface area contributed by atoms with Gasteiger partial charge in [0.05, 0.1) is 7.11 Å². The molecular weight excluding hydrogens is 288 g/mol. The molecule has 1 fully saturated rings. The Hall–Kier alpha value is -2.29. The first-order valence-corrected chi connectivity index (χ1v) is 7.94. The number of fused-ring (bicyclic) bond motifs is 1. The summed E-state index contributed by atoms with van der Waals surface area (Å²) in [5.74, 6) is 1.51. The van der Waals surface area contributed by atoms with Gasteiger partial charge in [-0.25, -0.2) is 0 Å². The maximum absolute atomic E-state index is 12.4. The molecule has 0 spiro atoms. The van der Waals surface area contributed by atoms with E-state index in [2.05, 4.69) is 13.2 Å². The summed E-state index contributed by atoms with van der Waals surface area (Å²) in [5, 5.41) is 9.73.